The SMILES string of the molecule is [CH2]N(CCN([CH]C)C(=O)O)C(=O)O. The van der Waals surface area contributed by atoms with Crippen LogP contribution in [0, 0.1) is 13.6 Å². The van der Waals surface area contributed by atoms with Gasteiger partial charge in [-0.3, -0.25) is 0 Å². The standard InChI is InChI=1S/C7H12N2O4/c1-3-9(7(12)13)5-4-8(2)6(10)11/h3H,2,4-5H2,1H3,(H,10,11)(H,12,13). The van der Waals surface area contributed by atoms with Gasteiger partial charge in [0.25, 0.3) is 0 Å². The summed E-state index contributed by atoms with van der Waals surface area (Å²) in [5, 5.41) is 16.9. The van der Waals surface area contributed by atoms with Gasteiger partial charge in [0.05, 0.1) is 6.54 Å². The molecular weight excluding hydrogens is 176 g/mol. The highest BCUT2D eigenvalue weighted by Crippen LogP contribution is 1.95. The van der Waals surface area contributed by atoms with Crippen molar-refractivity contribution < 1.29 is 19.8 Å². The maximum absolute atomic E-state index is 10.4. The first-order chi connectivity index (χ1) is 5.99. The zero-order valence-electron chi connectivity index (χ0n) is 7.30. The highest BCUT2D eigenvalue weighted by Gasteiger charge is 2.12. The molecule has 2 N–H and O–H groups in total. The smallest absolute Gasteiger partial charge is 0.407 e. The van der Waals surface area contributed by atoms with Crippen LogP contribution in [0.5, 0.6) is 0 Å². The molecule has 0 saturated carbocycles. The Morgan fingerprint density at radius 1 is 1.31 bits per heavy atom. The van der Waals surface area contributed by atoms with Crippen LogP contribution < -0.4 is 0 Å². The predicted molar refractivity (Wildman–Crippen MR) is 44.8 cm³/mol. The molecule has 0 atom stereocenters. The fourth-order valence-electron chi connectivity index (χ4n) is 0.659. The van der Waals surface area contributed by atoms with Crippen LogP contribution in [0.4, 0.5) is 9.59 Å². The van der Waals surface area contributed by atoms with Crippen LogP contribution in [-0.2, 0) is 0 Å². The van der Waals surface area contributed by atoms with Gasteiger partial charge < -0.3 is 20.0 Å². The molecule has 0 unspecified atom stereocenters. The number of rotatable bonds is 4. The van der Waals surface area contributed by atoms with Crippen molar-refractivity contribution in [3.8, 4) is 0 Å². The molecule has 0 aromatic carbocycles. The lowest BCUT2D eigenvalue weighted by Crippen LogP contribution is -2.35. The van der Waals surface area contributed by atoms with Gasteiger partial charge >= 0.3 is 12.2 Å². The lowest BCUT2D eigenvalue weighted by atomic mass is 10.5. The summed E-state index contributed by atoms with van der Waals surface area (Å²) in [6.07, 6.45) is -2.29. The maximum atomic E-state index is 10.4. The van der Waals surface area contributed by atoms with Crippen LogP contribution in [0.3, 0.4) is 0 Å². The molecule has 0 aliphatic carbocycles. The van der Waals surface area contributed by atoms with E-state index in [9.17, 15) is 9.59 Å². The topological polar surface area (TPSA) is 81.1 Å². The summed E-state index contributed by atoms with van der Waals surface area (Å²) in [5.41, 5.74) is 0. The van der Waals surface area contributed by atoms with Crippen LogP contribution >= 0.6 is 0 Å². The number of carboxylic acid groups (broad SMARTS) is 2. The second-order valence-corrected chi connectivity index (χ2v) is 2.28. The van der Waals surface area contributed by atoms with Crippen molar-refractivity contribution in [2.45, 2.75) is 6.92 Å². The average molecular weight is 188 g/mol. The highest BCUT2D eigenvalue weighted by atomic mass is 16.4. The Morgan fingerprint density at radius 3 is 2.15 bits per heavy atom. The summed E-state index contributed by atoms with van der Waals surface area (Å²) < 4.78 is 0. The minimum Gasteiger partial charge on any atom is -0.465 e. The van der Waals surface area contributed by atoms with Crippen LogP contribution in [0.25, 0.3) is 0 Å². The van der Waals surface area contributed by atoms with Crippen molar-refractivity contribution in [1.82, 2.24) is 9.80 Å². The van der Waals surface area contributed by atoms with Crippen LogP contribution in [0.2, 0.25) is 0 Å². The number of nitrogens with zero attached hydrogens (tertiary/aromatic N) is 2. The quantitative estimate of drug-likeness (QED) is 0.687. The molecule has 2 amide bonds. The lowest BCUT2D eigenvalue weighted by molar-refractivity contribution is 0.142. The number of hydrogen-bond donors (Lipinski definition) is 2. The highest BCUT2D eigenvalue weighted by molar-refractivity contribution is 5.66. The molecule has 0 heterocycles. The molecule has 0 rings (SSSR count). The molecule has 6 heteroatoms. The van der Waals surface area contributed by atoms with Crippen molar-refractivity contribution in [3.05, 3.63) is 13.6 Å². The van der Waals surface area contributed by atoms with Crippen molar-refractivity contribution in [3.63, 3.8) is 0 Å². The summed E-state index contributed by atoms with van der Waals surface area (Å²) in [6.45, 7) is 3.05. The van der Waals surface area contributed by atoms with Crippen LogP contribution in [0.1, 0.15) is 6.92 Å². The predicted octanol–water partition coefficient (Wildman–Crippen LogP) is 0.920. The van der Waals surface area contributed by atoms with Gasteiger partial charge in [-0.15, -0.1) is 0 Å². The van der Waals surface area contributed by atoms with Crippen molar-refractivity contribution in [2.24, 2.45) is 0 Å². The van der Waals surface area contributed by atoms with E-state index in [1.54, 1.807) is 6.92 Å². The fraction of sp³-hybridized carbons (Fsp3) is 0.429. The molecule has 0 spiro atoms. The van der Waals surface area contributed by atoms with E-state index in [2.05, 4.69) is 7.05 Å². The summed E-state index contributed by atoms with van der Waals surface area (Å²) in [5.74, 6) is 0. The largest absolute Gasteiger partial charge is 0.465 e. The fourth-order valence-corrected chi connectivity index (χ4v) is 0.659. The zero-order valence-corrected chi connectivity index (χ0v) is 7.30. The van der Waals surface area contributed by atoms with Crippen molar-refractivity contribution >= 4 is 12.2 Å². The Balaban J connectivity index is 3.85. The van der Waals surface area contributed by atoms with E-state index in [4.69, 9.17) is 10.2 Å². The van der Waals surface area contributed by atoms with Gasteiger partial charge in [0, 0.05) is 20.1 Å². The molecule has 0 fully saturated rings. The van der Waals surface area contributed by atoms with Gasteiger partial charge in [-0.25, -0.2) is 9.59 Å². The monoisotopic (exact) mass is 188 g/mol. The number of carbonyl (C=O) groups is 2. The molecule has 0 aliphatic rings. The molecular formula is C7H12N2O4. The summed E-state index contributed by atoms with van der Waals surface area (Å²) in [7, 11) is 3.20. The molecule has 0 bridgehead atoms. The van der Waals surface area contributed by atoms with E-state index in [1.165, 1.54) is 6.54 Å². The van der Waals surface area contributed by atoms with E-state index >= 15 is 0 Å². The third-order valence-corrected chi connectivity index (χ3v) is 1.44. The Hall–Kier alpha value is -1.46. The second kappa shape index (κ2) is 5.23. The zero-order chi connectivity index (χ0) is 10.4. The number of hydrogen-bond acceptors (Lipinski definition) is 2. The van der Waals surface area contributed by atoms with Crippen molar-refractivity contribution in [1.29, 1.82) is 0 Å². The second-order valence-electron chi connectivity index (χ2n) is 2.28. The first-order valence-corrected chi connectivity index (χ1v) is 3.59. The molecule has 0 aromatic heterocycles. The van der Waals surface area contributed by atoms with Crippen LogP contribution in [0.15, 0.2) is 0 Å². The molecule has 6 nitrogen and oxygen atoms in total. The molecule has 2 radical (unpaired) electrons. The third kappa shape index (κ3) is 4.19. The summed E-state index contributed by atoms with van der Waals surface area (Å²) >= 11 is 0. The van der Waals surface area contributed by atoms with Gasteiger partial charge in [0.15, 0.2) is 0 Å². The summed E-state index contributed by atoms with van der Waals surface area (Å²) in [6, 6.07) is 0. The molecule has 0 saturated heterocycles. The minimum atomic E-state index is -1.18. The Labute approximate surface area is 76.4 Å². The Kier molecular flexibility index (Phi) is 4.64. The van der Waals surface area contributed by atoms with E-state index in [-0.39, 0.29) is 13.1 Å². The van der Waals surface area contributed by atoms with E-state index in [0.29, 0.717) is 0 Å². The van der Waals surface area contributed by atoms with Crippen molar-refractivity contribution in [2.75, 3.05) is 13.1 Å². The van der Waals surface area contributed by atoms with E-state index < -0.39 is 12.2 Å². The van der Waals surface area contributed by atoms with Gasteiger partial charge in [-0.05, 0) is 6.92 Å². The van der Waals surface area contributed by atoms with Gasteiger partial charge in [-0.1, -0.05) is 0 Å². The molecule has 74 valence electrons. The minimum absolute atomic E-state index is 0.0476. The van der Waals surface area contributed by atoms with E-state index in [1.807, 2.05) is 0 Å². The Bertz CT molecular complexity index is 195. The number of amides is 2. The Morgan fingerprint density at radius 2 is 1.85 bits per heavy atom. The molecule has 0 aliphatic heterocycles. The van der Waals surface area contributed by atoms with Gasteiger partial charge in [0.1, 0.15) is 0 Å². The molecule has 0 aromatic rings. The third-order valence-electron chi connectivity index (χ3n) is 1.44. The maximum Gasteiger partial charge on any atom is 0.407 e. The normalized spacial score (nSPS) is 9.38. The van der Waals surface area contributed by atoms with E-state index in [0.717, 1.165) is 9.80 Å². The summed E-state index contributed by atoms with van der Waals surface area (Å²) in [4.78, 5) is 22.4. The lowest BCUT2D eigenvalue weighted by Gasteiger charge is -2.19. The van der Waals surface area contributed by atoms with Crippen LogP contribution in [-0.4, -0.2) is 45.3 Å². The van der Waals surface area contributed by atoms with Gasteiger partial charge in [0.2, 0.25) is 0 Å². The first kappa shape index (κ1) is 11.5. The van der Waals surface area contributed by atoms with Gasteiger partial charge in [-0.2, -0.15) is 0 Å². The first-order valence-electron chi connectivity index (χ1n) is 3.59. The molecule has 13 heavy (non-hydrogen) atoms. The average Bonchev–Trinajstić information content (AvgIpc) is 2.04.